The van der Waals surface area contributed by atoms with E-state index in [0.29, 0.717) is 16.3 Å². The second-order valence-electron chi connectivity index (χ2n) is 4.80. The van der Waals surface area contributed by atoms with Crippen molar-refractivity contribution in [2.24, 2.45) is 0 Å². The van der Waals surface area contributed by atoms with Crippen LogP contribution in [0.1, 0.15) is 15.9 Å². The molecule has 0 unspecified atom stereocenters. The van der Waals surface area contributed by atoms with Crippen molar-refractivity contribution in [3.63, 3.8) is 0 Å². The molecule has 0 bridgehead atoms. The molecule has 0 fully saturated rings. The Bertz CT molecular complexity index is 810. The number of hydrogen-bond donors (Lipinski definition) is 3. The van der Waals surface area contributed by atoms with E-state index in [0.717, 1.165) is 0 Å². The second kappa shape index (κ2) is 7.42. The van der Waals surface area contributed by atoms with E-state index in [-0.39, 0.29) is 11.3 Å². The van der Waals surface area contributed by atoms with Crippen LogP contribution in [0.25, 0.3) is 0 Å². The highest BCUT2D eigenvalue weighted by atomic mass is 35.5. The van der Waals surface area contributed by atoms with Crippen LogP contribution in [0, 0.1) is 17.0 Å². The van der Waals surface area contributed by atoms with Crippen LogP contribution < -0.4 is 16.2 Å². The van der Waals surface area contributed by atoms with Crippen molar-refractivity contribution < 1.29 is 14.5 Å². The molecule has 0 heterocycles. The van der Waals surface area contributed by atoms with Crippen LogP contribution in [0.15, 0.2) is 42.5 Å². The number of nitro groups is 1. The van der Waals surface area contributed by atoms with E-state index in [1.807, 2.05) is 0 Å². The number of carbonyl (C=O) groups is 2. The third kappa shape index (κ3) is 4.43. The van der Waals surface area contributed by atoms with Gasteiger partial charge in [-0.2, -0.15) is 0 Å². The van der Waals surface area contributed by atoms with Crippen LogP contribution in [0.4, 0.5) is 16.2 Å². The van der Waals surface area contributed by atoms with Gasteiger partial charge in [-0.3, -0.25) is 20.3 Å². The molecule has 0 aliphatic heterocycles. The summed E-state index contributed by atoms with van der Waals surface area (Å²) in [4.78, 5) is 33.9. The molecule has 0 saturated carbocycles. The van der Waals surface area contributed by atoms with Gasteiger partial charge in [0.15, 0.2) is 0 Å². The van der Waals surface area contributed by atoms with Gasteiger partial charge >= 0.3 is 6.03 Å². The maximum atomic E-state index is 11.9. The predicted molar refractivity (Wildman–Crippen MR) is 88.9 cm³/mol. The minimum absolute atomic E-state index is 0.0850. The normalized spacial score (nSPS) is 9.92. The zero-order valence-corrected chi connectivity index (χ0v) is 13.3. The number of urea groups is 1. The molecular weight excluding hydrogens is 336 g/mol. The molecule has 0 saturated heterocycles. The van der Waals surface area contributed by atoms with E-state index in [1.54, 1.807) is 24.3 Å². The van der Waals surface area contributed by atoms with Crippen molar-refractivity contribution in [3.8, 4) is 0 Å². The second-order valence-corrected chi connectivity index (χ2v) is 5.24. The van der Waals surface area contributed by atoms with Crippen LogP contribution in [-0.2, 0) is 0 Å². The number of benzene rings is 2. The summed E-state index contributed by atoms with van der Waals surface area (Å²) < 4.78 is 0. The van der Waals surface area contributed by atoms with Gasteiger partial charge in [0.25, 0.3) is 11.6 Å². The van der Waals surface area contributed by atoms with Crippen molar-refractivity contribution in [3.05, 3.63) is 68.7 Å². The molecule has 0 radical (unpaired) electrons. The summed E-state index contributed by atoms with van der Waals surface area (Å²) in [7, 11) is 0. The molecular formula is C15H13ClN4O4. The number of nitro benzene ring substituents is 1. The number of carbonyl (C=O) groups excluding carboxylic acids is 2. The number of halogens is 1. The fourth-order valence-electron chi connectivity index (χ4n) is 1.92. The first-order valence-electron chi connectivity index (χ1n) is 6.75. The minimum Gasteiger partial charge on any atom is -0.307 e. The molecule has 2 rings (SSSR count). The summed E-state index contributed by atoms with van der Waals surface area (Å²) >= 11 is 5.80. The average molecular weight is 349 g/mol. The molecule has 8 nitrogen and oxygen atoms in total. The zero-order valence-electron chi connectivity index (χ0n) is 12.5. The Balaban J connectivity index is 1.94. The lowest BCUT2D eigenvalue weighted by Gasteiger charge is -2.09. The quantitative estimate of drug-likeness (QED) is 0.584. The molecule has 0 atom stereocenters. The molecule has 9 heteroatoms. The number of nitrogens with one attached hydrogen (secondary N) is 3. The monoisotopic (exact) mass is 348 g/mol. The molecule has 2 aromatic carbocycles. The molecule has 3 amide bonds. The summed E-state index contributed by atoms with van der Waals surface area (Å²) in [5.74, 6) is -0.603. The summed E-state index contributed by atoms with van der Waals surface area (Å²) in [5, 5.41) is 13.7. The highest BCUT2D eigenvalue weighted by Gasteiger charge is 2.14. The molecule has 3 N–H and O–H groups in total. The summed E-state index contributed by atoms with van der Waals surface area (Å²) in [6.07, 6.45) is 0. The lowest BCUT2D eigenvalue weighted by molar-refractivity contribution is -0.385. The maximum Gasteiger partial charge on any atom is 0.337 e. The minimum atomic E-state index is -0.663. The Morgan fingerprint density at radius 3 is 2.50 bits per heavy atom. The molecule has 2 aromatic rings. The van der Waals surface area contributed by atoms with Gasteiger partial charge < -0.3 is 5.32 Å². The summed E-state index contributed by atoms with van der Waals surface area (Å²) in [6, 6.07) is 9.73. The molecule has 124 valence electrons. The lowest BCUT2D eigenvalue weighted by Crippen LogP contribution is -2.43. The van der Waals surface area contributed by atoms with Crippen LogP contribution >= 0.6 is 11.6 Å². The number of nitrogens with zero attached hydrogens (tertiary/aromatic N) is 1. The molecule has 0 aromatic heterocycles. The lowest BCUT2D eigenvalue weighted by atomic mass is 10.1. The summed E-state index contributed by atoms with van der Waals surface area (Å²) in [5.41, 5.74) is 5.28. The van der Waals surface area contributed by atoms with Crippen molar-refractivity contribution in [2.75, 3.05) is 5.32 Å². The molecule has 24 heavy (non-hydrogen) atoms. The van der Waals surface area contributed by atoms with Gasteiger partial charge in [-0.1, -0.05) is 17.7 Å². The Kier molecular flexibility index (Phi) is 5.33. The van der Waals surface area contributed by atoms with Gasteiger partial charge in [0.05, 0.1) is 4.92 Å². The van der Waals surface area contributed by atoms with E-state index in [1.165, 1.54) is 25.1 Å². The number of anilines is 1. The number of amides is 3. The first kappa shape index (κ1) is 17.2. The predicted octanol–water partition coefficient (Wildman–Crippen LogP) is 3.02. The van der Waals surface area contributed by atoms with Gasteiger partial charge in [-0.15, -0.1) is 0 Å². The van der Waals surface area contributed by atoms with E-state index in [9.17, 15) is 19.7 Å². The van der Waals surface area contributed by atoms with E-state index in [2.05, 4.69) is 16.2 Å². The van der Waals surface area contributed by atoms with Gasteiger partial charge in [0.1, 0.15) is 0 Å². The van der Waals surface area contributed by atoms with Gasteiger partial charge in [-0.25, -0.2) is 10.2 Å². The highest BCUT2D eigenvalue weighted by molar-refractivity contribution is 6.30. The highest BCUT2D eigenvalue weighted by Crippen LogP contribution is 2.18. The molecule has 0 aliphatic carbocycles. The van der Waals surface area contributed by atoms with Crippen molar-refractivity contribution in [2.45, 2.75) is 6.92 Å². The van der Waals surface area contributed by atoms with E-state index in [4.69, 9.17) is 11.6 Å². The Labute approximate surface area is 141 Å². The van der Waals surface area contributed by atoms with Gasteiger partial charge in [0.2, 0.25) is 0 Å². The largest absolute Gasteiger partial charge is 0.337 e. The average Bonchev–Trinajstić information content (AvgIpc) is 2.52. The Morgan fingerprint density at radius 2 is 1.88 bits per heavy atom. The van der Waals surface area contributed by atoms with Crippen LogP contribution in [0.2, 0.25) is 5.02 Å². The summed E-state index contributed by atoms with van der Waals surface area (Å²) in [6.45, 7) is 1.52. The van der Waals surface area contributed by atoms with Crippen molar-refractivity contribution >= 4 is 34.9 Å². The fraction of sp³-hybridized carbons (Fsp3) is 0.0667. The third-order valence-corrected chi connectivity index (χ3v) is 3.26. The SMILES string of the molecule is Cc1cc(C(=O)NNC(=O)Nc2cccc(Cl)c2)ccc1[N+](=O)[O-]. The van der Waals surface area contributed by atoms with Crippen LogP contribution in [0.5, 0.6) is 0 Å². The van der Waals surface area contributed by atoms with Crippen molar-refractivity contribution in [1.29, 1.82) is 0 Å². The number of aryl methyl sites for hydroxylation is 1. The molecule has 0 spiro atoms. The Hall–Kier alpha value is -3.13. The standard InChI is InChI=1S/C15H13ClN4O4/c1-9-7-10(5-6-13(9)20(23)24)14(21)18-19-15(22)17-12-4-2-3-11(16)8-12/h2-8H,1H3,(H,18,21)(H2,17,19,22). The van der Waals surface area contributed by atoms with Gasteiger partial charge in [-0.05, 0) is 37.3 Å². The number of hydrogen-bond acceptors (Lipinski definition) is 4. The van der Waals surface area contributed by atoms with Crippen molar-refractivity contribution in [1.82, 2.24) is 10.9 Å². The maximum absolute atomic E-state index is 11.9. The fourth-order valence-corrected chi connectivity index (χ4v) is 2.11. The third-order valence-electron chi connectivity index (χ3n) is 3.03. The van der Waals surface area contributed by atoms with Gasteiger partial charge in [0, 0.05) is 27.9 Å². The number of hydrazine groups is 1. The zero-order chi connectivity index (χ0) is 17.7. The van der Waals surface area contributed by atoms with Crippen LogP contribution in [-0.4, -0.2) is 16.9 Å². The van der Waals surface area contributed by atoms with E-state index < -0.39 is 16.9 Å². The Morgan fingerprint density at radius 1 is 1.12 bits per heavy atom. The first-order chi connectivity index (χ1) is 11.4. The number of rotatable bonds is 3. The van der Waals surface area contributed by atoms with E-state index >= 15 is 0 Å². The smallest absolute Gasteiger partial charge is 0.307 e. The van der Waals surface area contributed by atoms with Crippen LogP contribution in [0.3, 0.4) is 0 Å². The topological polar surface area (TPSA) is 113 Å². The first-order valence-corrected chi connectivity index (χ1v) is 7.12. The molecule has 0 aliphatic rings.